The Hall–Kier alpha value is -1.46. The van der Waals surface area contributed by atoms with E-state index < -0.39 is 0 Å². The maximum Gasteiger partial charge on any atom is 0.192 e. The van der Waals surface area contributed by atoms with Crippen LogP contribution in [0.1, 0.15) is 30.9 Å². The summed E-state index contributed by atoms with van der Waals surface area (Å²) in [7, 11) is 1.73. The molecule has 1 saturated heterocycles. The number of guanidine groups is 1. The Morgan fingerprint density at radius 1 is 1.35 bits per heavy atom. The van der Waals surface area contributed by atoms with Crippen molar-refractivity contribution in [1.82, 2.24) is 10.6 Å². The number of nitrogens with zero attached hydrogens (tertiary/aromatic N) is 1. The third-order valence-corrected chi connectivity index (χ3v) is 4.62. The van der Waals surface area contributed by atoms with Gasteiger partial charge in [-0.25, -0.2) is 0 Å². The van der Waals surface area contributed by atoms with Crippen molar-refractivity contribution in [3.05, 3.63) is 29.3 Å². The van der Waals surface area contributed by atoms with Crippen LogP contribution >= 0.6 is 24.0 Å². The summed E-state index contributed by atoms with van der Waals surface area (Å²) in [6.07, 6.45) is 7.20. The molecule has 1 aliphatic heterocycles. The van der Waals surface area contributed by atoms with Crippen molar-refractivity contribution in [1.29, 1.82) is 0 Å². The van der Waals surface area contributed by atoms with Crippen LogP contribution < -0.4 is 15.4 Å². The van der Waals surface area contributed by atoms with Crippen molar-refractivity contribution >= 4 is 29.9 Å². The maximum atomic E-state index is 5.65. The Morgan fingerprint density at radius 2 is 2.08 bits per heavy atom. The van der Waals surface area contributed by atoms with Crippen LogP contribution in [0.25, 0.3) is 0 Å². The second-order valence-corrected chi connectivity index (χ2v) is 6.35. The van der Waals surface area contributed by atoms with E-state index in [9.17, 15) is 0 Å². The summed E-state index contributed by atoms with van der Waals surface area (Å²) in [6, 6.07) is 6.35. The van der Waals surface area contributed by atoms with Crippen LogP contribution in [-0.2, 0) is 10.2 Å². The fraction of sp³-hybridized carbons (Fsp3) is 0.550. The average Bonchev–Trinajstić information content (AvgIpc) is 2.64. The van der Waals surface area contributed by atoms with Gasteiger partial charge in [-0.2, -0.15) is 0 Å². The molecule has 2 N–H and O–H groups in total. The second kappa shape index (κ2) is 11.3. The molecule has 1 heterocycles. The highest BCUT2D eigenvalue weighted by molar-refractivity contribution is 14.0. The van der Waals surface area contributed by atoms with E-state index in [1.165, 1.54) is 11.1 Å². The van der Waals surface area contributed by atoms with Crippen LogP contribution in [0.2, 0.25) is 0 Å². The van der Waals surface area contributed by atoms with Gasteiger partial charge in [0.15, 0.2) is 5.96 Å². The number of hydrogen-bond acceptors (Lipinski definition) is 3. The summed E-state index contributed by atoms with van der Waals surface area (Å²) >= 11 is 0. The van der Waals surface area contributed by atoms with Gasteiger partial charge in [0.1, 0.15) is 5.75 Å². The number of benzene rings is 1. The topological polar surface area (TPSA) is 54.9 Å². The molecule has 6 heteroatoms. The fourth-order valence-electron chi connectivity index (χ4n) is 3.22. The van der Waals surface area contributed by atoms with E-state index in [2.05, 4.69) is 35.6 Å². The second-order valence-electron chi connectivity index (χ2n) is 6.35. The molecule has 0 bridgehead atoms. The Morgan fingerprint density at radius 3 is 2.69 bits per heavy atom. The molecule has 1 aliphatic rings. The number of rotatable bonds is 6. The van der Waals surface area contributed by atoms with E-state index >= 15 is 0 Å². The van der Waals surface area contributed by atoms with E-state index in [0.29, 0.717) is 13.1 Å². The summed E-state index contributed by atoms with van der Waals surface area (Å²) in [4.78, 5) is 4.82. The van der Waals surface area contributed by atoms with Gasteiger partial charge in [-0.1, -0.05) is 23.6 Å². The van der Waals surface area contributed by atoms with Crippen LogP contribution in [0.15, 0.2) is 23.2 Å². The van der Waals surface area contributed by atoms with Crippen molar-refractivity contribution < 1.29 is 9.47 Å². The van der Waals surface area contributed by atoms with Gasteiger partial charge in [0.25, 0.3) is 0 Å². The lowest BCUT2D eigenvalue weighted by atomic mass is 9.73. The zero-order chi connectivity index (χ0) is 18.1. The average molecular weight is 471 g/mol. The van der Waals surface area contributed by atoms with Crippen molar-refractivity contribution in [3.8, 4) is 18.1 Å². The first-order valence-electron chi connectivity index (χ1n) is 8.83. The van der Waals surface area contributed by atoms with Gasteiger partial charge in [0.05, 0.1) is 20.2 Å². The smallest absolute Gasteiger partial charge is 0.192 e. The van der Waals surface area contributed by atoms with Gasteiger partial charge in [-0.3, -0.25) is 4.99 Å². The van der Waals surface area contributed by atoms with Gasteiger partial charge in [0.2, 0.25) is 0 Å². The zero-order valence-electron chi connectivity index (χ0n) is 15.9. The fourth-order valence-corrected chi connectivity index (χ4v) is 3.22. The molecule has 0 unspecified atom stereocenters. The molecule has 1 fully saturated rings. The van der Waals surface area contributed by atoms with Crippen LogP contribution in [0.5, 0.6) is 5.75 Å². The Labute approximate surface area is 174 Å². The highest BCUT2D eigenvalue weighted by Crippen LogP contribution is 2.40. The quantitative estimate of drug-likeness (QED) is 0.290. The summed E-state index contributed by atoms with van der Waals surface area (Å²) in [5.41, 5.74) is 2.35. The number of nitrogens with one attached hydrogen (secondary N) is 2. The molecule has 1 aromatic carbocycles. The lowest BCUT2D eigenvalue weighted by Gasteiger charge is -2.37. The standard InChI is InChI=1S/C20H29N3O2.HI/c1-5-11-22-19(21-6-2)23-15-20(9-12-25-13-10-20)17-14-16(3)7-8-18(17)24-4;/h1,7-8,14H,6,9-13,15H2,2-4H3,(H2,21,22,23);1H. The molecule has 0 spiro atoms. The minimum atomic E-state index is -0.0892. The SMILES string of the molecule is C#CCNC(=NCC1(c2cc(C)ccc2OC)CCOCC1)NCC.I. The van der Waals surface area contributed by atoms with Crippen LogP contribution in [-0.4, -0.2) is 45.9 Å². The van der Waals surface area contributed by atoms with Gasteiger partial charge in [-0.05, 0) is 32.8 Å². The van der Waals surface area contributed by atoms with Gasteiger partial charge >= 0.3 is 0 Å². The number of aliphatic imine (C=N–C) groups is 1. The van der Waals surface area contributed by atoms with E-state index in [1.54, 1.807) is 7.11 Å². The van der Waals surface area contributed by atoms with Crippen molar-refractivity contribution in [2.45, 2.75) is 32.1 Å². The highest BCUT2D eigenvalue weighted by atomic mass is 127. The minimum Gasteiger partial charge on any atom is -0.496 e. The highest BCUT2D eigenvalue weighted by Gasteiger charge is 2.37. The predicted octanol–water partition coefficient (Wildman–Crippen LogP) is 2.86. The minimum absolute atomic E-state index is 0. The molecule has 1 aromatic rings. The molecule has 5 nitrogen and oxygen atoms in total. The van der Waals surface area contributed by atoms with Crippen molar-refractivity contribution in [2.75, 3.05) is 40.0 Å². The predicted molar refractivity (Wildman–Crippen MR) is 118 cm³/mol. The number of hydrogen-bond donors (Lipinski definition) is 2. The molecular formula is C20H30IN3O2. The largest absolute Gasteiger partial charge is 0.496 e. The number of terminal acetylenes is 1. The summed E-state index contributed by atoms with van der Waals surface area (Å²) in [5, 5.41) is 6.41. The number of methoxy groups -OCH3 is 1. The van der Waals surface area contributed by atoms with E-state index in [0.717, 1.165) is 44.3 Å². The summed E-state index contributed by atoms with van der Waals surface area (Å²) in [5.74, 6) is 4.26. The third-order valence-electron chi connectivity index (χ3n) is 4.62. The Kier molecular flexibility index (Phi) is 9.81. The molecule has 0 aliphatic carbocycles. The molecule has 0 aromatic heterocycles. The molecule has 0 radical (unpaired) electrons. The first-order chi connectivity index (χ1) is 12.1. The maximum absolute atomic E-state index is 5.65. The Bertz CT molecular complexity index is 634. The van der Waals surface area contributed by atoms with Crippen molar-refractivity contribution in [2.24, 2.45) is 4.99 Å². The number of ether oxygens (including phenoxy) is 2. The van der Waals surface area contributed by atoms with Gasteiger partial charge < -0.3 is 20.1 Å². The molecule has 0 atom stereocenters. The molecule has 2 rings (SSSR count). The van der Waals surface area contributed by atoms with Crippen LogP contribution in [0.3, 0.4) is 0 Å². The summed E-state index contributed by atoms with van der Waals surface area (Å²) in [6.45, 7) is 7.53. The molecule has 0 amide bonds. The third kappa shape index (κ3) is 5.78. The molecule has 0 saturated carbocycles. The lowest BCUT2D eigenvalue weighted by molar-refractivity contribution is 0.0522. The monoisotopic (exact) mass is 471 g/mol. The normalized spacial score (nSPS) is 16.2. The lowest BCUT2D eigenvalue weighted by Crippen LogP contribution is -2.41. The zero-order valence-corrected chi connectivity index (χ0v) is 18.3. The molecular weight excluding hydrogens is 441 g/mol. The van der Waals surface area contributed by atoms with Crippen molar-refractivity contribution in [3.63, 3.8) is 0 Å². The van der Waals surface area contributed by atoms with E-state index in [-0.39, 0.29) is 29.4 Å². The first kappa shape index (κ1) is 22.6. The van der Waals surface area contributed by atoms with Crippen LogP contribution in [0, 0.1) is 19.3 Å². The molecule has 26 heavy (non-hydrogen) atoms. The number of aryl methyl sites for hydroxylation is 1. The van der Waals surface area contributed by atoms with Gasteiger partial charge in [-0.15, -0.1) is 30.4 Å². The molecule has 144 valence electrons. The van der Waals surface area contributed by atoms with E-state index in [1.807, 2.05) is 13.0 Å². The Balaban J connectivity index is 0.00000338. The van der Waals surface area contributed by atoms with Crippen LogP contribution in [0.4, 0.5) is 0 Å². The summed E-state index contributed by atoms with van der Waals surface area (Å²) < 4.78 is 11.3. The number of halogens is 1. The van der Waals surface area contributed by atoms with E-state index in [4.69, 9.17) is 20.9 Å². The first-order valence-corrected chi connectivity index (χ1v) is 8.83. The van der Waals surface area contributed by atoms with Gasteiger partial charge in [0, 0.05) is 30.7 Å².